The lowest BCUT2D eigenvalue weighted by Gasteiger charge is -2.14. The minimum atomic E-state index is 0.881. The molecule has 7 rings (SSSR count). The molecule has 0 saturated heterocycles. The SMILES string of the molecule is c1ccc(-c2cnc(-n3c4ccccc4c4ccc5occc5c43)c3ccccc23)cc1. The topological polar surface area (TPSA) is 31.0 Å². The van der Waals surface area contributed by atoms with Gasteiger partial charge in [-0.05, 0) is 35.2 Å². The molecule has 7 aromatic rings. The Balaban J connectivity index is 1.66. The molecule has 0 amide bonds. The first-order valence-corrected chi connectivity index (χ1v) is 10.7. The summed E-state index contributed by atoms with van der Waals surface area (Å²) in [5.41, 5.74) is 5.46. The largest absolute Gasteiger partial charge is 0.464 e. The lowest BCUT2D eigenvalue weighted by atomic mass is 10.0. The van der Waals surface area contributed by atoms with E-state index in [9.17, 15) is 0 Å². The maximum absolute atomic E-state index is 5.74. The Morgan fingerprint density at radius 3 is 2.22 bits per heavy atom. The van der Waals surface area contributed by atoms with Crippen LogP contribution in [0.5, 0.6) is 0 Å². The number of para-hydroxylation sites is 1. The highest BCUT2D eigenvalue weighted by atomic mass is 16.3. The van der Waals surface area contributed by atoms with Crippen LogP contribution in [-0.2, 0) is 0 Å². The Bertz CT molecular complexity index is 1770. The molecule has 0 aliphatic carbocycles. The van der Waals surface area contributed by atoms with E-state index in [0.717, 1.165) is 38.8 Å². The van der Waals surface area contributed by atoms with Crippen molar-refractivity contribution in [3.05, 3.63) is 110 Å². The minimum Gasteiger partial charge on any atom is -0.464 e. The molecule has 0 spiro atoms. The van der Waals surface area contributed by atoms with Gasteiger partial charge < -0.3 is 4.42 Å². The molecule has 0 saturated carbocycles. The van der Waals surface area contributed by atoms with Crippen LogP contribution in [0.2, 0.25) is 0 Å². The summed E-state index contributed by atoms with van der Waals surface area (Å²) in [7, 11) is 0. The van der Waals surface area contributed by atoms with Gasteiger partial charge >= 0.3 is 0 Å². The number of pyridine rings is 1. The molecule has 0 unspecified atom stereocenters. The predicted octanol–water partition coefficient (Wildman–Crippen LogP) is 7.75. The fourth-order valence-corrected chi connectivity index (χ4v) is 4.93. The number of fused-ring (bicyclic) bond motifs is 6. The number of furan rings is 1. The van der Waals surface area contributed by atoms with Crippen LogP contribution in [0, 0.1) is 0 Å². The first-order valence-electron chi connectivity index (χ1n) is 10.7. The second kappa shape index (κ2) is 6.56. The summed E-state index contributed by atoms with van der Waals surface area (Å²) in [6.07, 6.45) is 3.76. The van der Waals surface area contributed by atoms with Gasteiger partial charge in [-0.2, -0.15) is 0 Å². The van der Waals surface area contributed by atoms with E-state index in [1.807, 2.05) is 18.3 Å². The van der Waals surface area contributed by atoms with Crippen LogP contribution < -0.4 is 0 Å². The van der Waals surface area contributed by atoms with Crippen molar-refractivity contribution in [1.82, 2.24) is 9.55 Å². The first-order chi connectivity index (χ1) is 15.9. The van der Waals surface area contributed by atoms with Crippen molar-refractivity contribution in [3.63, 3.8) is 0 Å². The van der Waals surface area contributed by atoms with Gasteiger partial charge in [0.2, 0.25) is 0 Å². The van der Waals surface area contributed by atoms with E-state index >= 15 is 0 Å². The Labute approximate surface area is 184 Å². The highest BCUT2D eigenvalue weighted by Gasteiger charge is 2.19. The average molecular weight is 410 g/mol. The molecule has 4 aromatic carbocycles. The smallest absolute Gasteiger partial charge is 0.145 e. The van der Waals surface area contributed by atoms with Crippen LogP contribution in [-0.4, -0.2) is 9.55 Å². The molecule has 0 aliphatic rings. The molecule has 150 valence electrons. The van der Waals surface area contributed by atoms with E-state index in [1.54, 1.807) is 6.26 Å². The summed E-state index contributed by atoms with van der Waals surface area (Å²) in [5, 5.41) is 5.82. The average Bonchev–Trinajstić information content (AvgIpc) is 3.46. The molecular weight excluding hydrogens is 392 g/mol. The highest BCUT2D eigenvalue weighted by molar-refractivity contribution is 6.18. The van der Waals surface area contributed by atoms with Crippen molar-refractivity contribution in [1.29, 1.82) is 0 Å². The Kier molecular flexibility index (Phi) is 3.55. The van der Waals surface area contributed by atoms with E-state index in [1.165, 1.54) is 21.7 Å². The van der Waals surface area contributed by atoms with Gasteiger partial charge in [0.25, 0.3) is 0 Å². The minimum absolute atomic E-state index is 0.881. The van der Waals surface area contributed by atoms with E-state index in [4.69, 9.17) is 9.40 Å². The Hall–Kier alpha value is -4.37. The number of nitrogens with zero attached hydrogens (tertiary/aromatic N) is 2. The summed E-state index contributed by atoms with van der Waals surface area (Å²) in [6.45, 7) is 0. The lowest BCUT2D eigenvalue weighted by molar-refractivity contribution is 0.616. The summed E-state index contributed by atoms with van der Waals surface area (Å²) < 4.78 is 8.03. The zero-order valence-corrected chi connectivity index (χ0v) is 17.2. The lowest BCUT2D eigenvalue weighted by Crippen LogP contribution is -2.00. The van der Waals surface area contributed by atoms with E-state index < -0.39 is 0 Å². The normalized spacial score (nSPS) is 11.8. The fraction of sp³-hybridized carbons (Fsp3) is 0. The van der Waals surface area contributed by atoms with Crippen LogP contribution >= 0.6 is 0 Å². The van der Waals surface area contributed by atoms with Gasteiger partial charge in [-0.25, -0.2) is 4.98 Å². The third-order valence-electron chi connectivity index (χ3n) is 6.34. The molecule has 3 aromatic heterocycles. The second-order valence-corrected chi connectivity index (χ2v) is 8.05. The molecule has 32 heavy (non-hydrogen) atoms. The molecule has 3 nitrogen and oxygen atoms in total. The number of benzene rings is 4. The molecule has 0 aliphatic heterocycles. The van der Waals surface area contributed by atoms with Gasteiger partial charge in [0, 0.05) is 33.3 Å². The fourth-order valence-electron chi connectivity index (χ4n) is 4.93. The van der Waals surface area contributed by atoms with Gasteiger partial charge in [-0.15, -0.1) is 0 Å². The van der Waals surface area contributed by atoms with E-state index in [0.29, 0.717) is 0 Å². The van der Waals surface area contributed by atoms with Crippen molar-refractivity contribution < 1.29 is 4.42 Å². The third-order valence-corrected chi connectivity index (χ3v) is 6.34. The van der Waals surface area contributed by atoms with Crippen molar-refractivity contribution in [2.45, 2.75) is 0 Å². The predicted molar refractivity (Wildman–Crippen MR) is 131 cm³/mol. The Morgan fingerprint density at radius 2 is 1.34 bits per heavy atom. The maximum atomic E-state index is 5.74. The van der Waals surface area contributed by atoms with Crippen molar-refractivity contribution in [3.8, 4) is 16.9 Å². The molecule has 0 radical (unpaired) electrons. The van der Waals surface area contributed by atoms with Crippen LogP contribution in [0.1, 0.15) is 0 Å². The molecular formula is C29H18N2O. The van der Waals surface area contributed by atoms with E-state index in [-0.39, 0.29) is 0 Å². The summed E-state index contributed by atoms with van der Waals surface area (Å²) in [4.78, 5) is 5.05. The zero-order chi connectivity index (χ0) is 21.1. The zero-order valence-electron chi connectivity index (χ0n) is 17.2. The van der Waals surface area contributed by atoms with Gasteiger partial charge in [0.1, 0.15) is 11.4 Å². The molecule has 0 bridgehead atoms. The molecule has 3 heteroatoms. The van der Waals surface area contributed by atoms with Crippen molar-refractivity contribution in [2.24, 2.45) is 0 Å². The maximum Gasteiger partial charge on any atom is 0.145 e. The highest BCUT2D eigenvalue weighted by Crippen LogP contribution is 2.39. The van der Waals surface area contributed by atoms with Gasteiger partial charge in [0.05, 0.1) is 17.3 Å². The van der Waals surface area contributed by atoms with Gasteiger partial charge in [-0.3, -0.25) is 4.57 Å². The van der Waals surface area contributed by atoms with Crippen molar-refractivity contribution >= 4 is 43.5 Å². The molecule has 0 N–H and O–H groups in total. The number of hydrogen-bond acceptors (Lipinski definition) is 2. The van der Waals surface area contributed by atoms with Gasteiger partial charge in [0.15, 0.2) is 0 Å². The molecule has 3 heterocycles. The summed E-state index contributed by atoms with van der Waals surface area (Å²) >= 11 is 0. The number of rotatable bonds is 2. The summed E-state index contributed by atoms with van der Waals surface area (Å²) in [5.74, 6) is 0.931. The monoisotopic (exact) mass is 410 g/mol. The summed E-state index contributed by atoms with van der Waals surface area (Å²) in [6, 6.07) is 33.8. The van der Waals surface area contributed by atoms with E-state index in [2.05, 4.69) is 89.5 Å². The molecule has 0 atom stereocenters. The van der Waals surface area contributed by atoms with Crippen molar-refractivity contribution in [2.75, 3.05) is 0 Å². The van der Waals surface area contributed by atoms with Gasteiger partial charge in [-0.1, -0.05) is 72.8 Å². The number of aromatic nitrogens is 2. The quantitative estimate of drug-likeness (QED) is 0.292. The first kappa shape index (κ1) is 17.3. The van der Waals surface area contributed by atoms with Crippen LogP contribution in [0.3, 0.4) is 0 Å². The Morgan fingerprint density at radius 1 is 0.594 bits per heavy atom. The second-order valence-electron chi connectivity index (χ2n) is 8.05. The standard InChI is InChI=1S/C29H18N2O/c1-2-8-19(9-3-1)25-18-30-29(23-12-5-4-10-20(23)25)31-26-13-7-6-11-21(26)22-14-15-27-24(28(22)31)16-17-32-27/h1-18H. The van der Waals surface area contributed by atoms with Crippen LogP contribution in [0.15, 0.2) is 114 Å². The number of hydrogen-bond donors (Lipinski definition) is 0. The van der Waals surface area contributed by atoms with Crippen LogP contribution in [0.25, 0.3) is 60.5 Å². The molecule has 0 fully saturated rings. The third kappa shape index (κ3) is 2.33. The van der Waals surface area contributed by atoms with Crippen LogP contribution in [0.4, 0.5) is 0 Å².